The van der Waals surface area contributed by atoms with E-state index in [9.17, 15) is 4.79 Å². The van der Waals surface area contributed by atoms with E-state index in [2.05, 4.69) is 36.0 Å². The van der Waals surface area contributed by atoms with Crippen LogP contribution in [0.4, 0.5) is 5.13 Å². The van der Waals surface area contributed by atoms with E-state index in [1.807, 2.05) is 38.7 Å². The maximum atomic E-state index is 13.3. The minimum absolute atomic E-state index is 0.0810. The average Bonchev–Trinajstić information content (AvgIpc) is 3.21. The Morgan fingerprint density at radius 3 is 2.54 bits per heavy atom. The van der Waals surface area contributed by atoms with Gasteiger partial charge in [0.2, 0.25) is 0 Å². The first-order chi connectivity index (χ1) is 13.3. The predicted octanol–water partition coefficient (Wildman–Crippen LogP) is 4.04. The van der Waals surface area contributed by atoms with Gasteiger partial charge in [-0.05, 0) is 78.0 Å². The van der Waals surface area contributed by atoms with Gasteiger partial charge in [0, 0.05) is 18.8 Å². The first-order valence-electron chi connectivity index (χ1n) is 9.69. The van der Waals surface area contributed by atoms with Gasteiger partial charge >= 0.3 is 0 Å². The second-order valence-electron chi connectivity index (χ2n) is 7.53. The van der Waals surface area contributed by atoms with Crippen LogP contribution in [-0.2, 0) is 6.54 Å². The molecule has 150 valence electrons. The fourth-order valence-corrected chi connectivity index (χ4v) is 4.42. The van der Waals surface area contributed by atoms with Crippen molar-refractivity contribution in [1.29, 1.82) is 0 Å². The number of aryl methyl sites for hydroxylation is 4. The number of anilines is 1. The lowest BCUT2D eigenvalue weighted by Gasteiger charge is -2.20. The summed E-state index contributed by atoms with van der Waals surface area (Å²) < 4.78 is 3.00. The van der Waals surface area contributed by atoms with E-state index >= 15 is 0 Å². The number of aromatic nitrogens is 3. The highest BCUT2D eigenvalue weighted by atomic mass is 32.1. The van der Waals surface area contributed by atoms with Crippen molar-refractivity contribution in [3.63, 3.8) is 0 Å². The standard InChI is InChI=1S/C21H29N5OS/c1-7-26-16(4)13-18(23-26)20(27)25(10-8-9-24(5)6)21-22-17-12-14(2)11-15(3)19(17)28-21/h11-13H,7-10H2,1-6H3. The summed E-state index contributed by atoms with van der Waals surface area (Å²) in [5.74, 6) is -0.0810. The van der Waals surface area contributed by atoms with Crippen molar-refractivity contribution in [1.82, 2.24) is 19.7 Å². The zero-order valence-electron chi connectivity index (χ0n) is 17.6. The summed E-state index contributed by atoms with van der Waals surface area (Å²) in [6, 6.07) is 6.11. The highest BCUT2D eigenvalue weighted by Crippen LogP contribution is 2.32. The SMILES string of the molecule is CCn1nc(C(=O)N(CCCN(C)C)c2nc3cc(C)cc(C)c3s2)cc1C. The molecule has 0 saturated carbocycles. The van der Waals surface area contributed by atoms with E-state index in [0.29, 0.717) is 12.2 Å². The largest absolute Gasteiger partial charge is 0.309 e. The molecule has 0 unspecified atom stereocenters. The zero-order valence-corrected chi connectivity index (χ0v) is 18.4. The van der Waals surface area contributed by atoms with E-state index in [1.54, 1.807) is 16.2 Å². The fraction of sp³-hybridized carbons (Fsp3) is 0.476. The maximum Gasteiger partial charge on any atom is 0.280 e. The Kier molecular flexibility index (Phi) is 6.15. The molecule has 0 bridgehead atoms. The van der Waals surface area contributed by atoms with Crippen LogP contribution in [0.1, 0.15) is 40.7 Å². The van der Waals surface area contributed by atoms with E-state index in [4.69, 9.17) is 4.98 Å². The van der Waals surface area contributed by atoms with Crippen LogP contribution in [0.5, 0.6) is 0 Å². The molecule has 0 aliphatic carbocycles. The van der Waals surface area contributed by atoms with Gasteiger partial charge in [-0.1, -0.05) is 17.4 Å². The Morgan fingerprint density at radius 2 is 1.89 bits per heavy atom. The lowest BCUT2D eigenvalue weighted by Crippen LogP contribution is -2.33. The van der Waals surface area contributed by atoms with Gasteiger partial charge in [-0.2, -0.15) is 5.10 Å². The summed E-state index contributed by atoms with van der Waals surface area (Å²) in [4.78, 5) is 22.1. The van der Waals surface area contributed by atoms with Crippen LogP contribution in [0.25, 0.3) is 10.2 Å². The van der Waals surface area contributed by atoms with Crippen molar-refractivity contribution in [2.45, 2.75) is 40.7 Å². The highest BCUT2D eigenvalue weighted by molar-refractivity contribution is 7.22. The van der Waals surface area contributed by atoms with Gasteiger partial charge < -0.3 is 4.90 Å². The molecule has 0 radical (unpaired) electrons. The Hall–Kier alpha value is -2.25. The van der Waals surface area contributed by atoms with Crippen molar-refractivity contribution < 1.29 is 4.79 Å². The zero-order chi connectivity index (χ0) is 20.4. The van der Waals surface area contributed by atoms with Crippen LogP contribution < -0.4 is 4.90 Å². The number of fused-ring (bicyclic) bond motifs is 1. The van der Waals surface area contributed by atoms with E-state index in [1.165, 1.54) is 11.1 Å². The van der Waals surface area contributed by atoms with Crippen LogP contribution in [0.2, 0.25) is 0 Å². The molecular weight excluding hydrogens is 370 g/mol. The second kappa shape index (κ2) is 8.41. The number of rotatable bonds is 7. The summed E-state index contributed by atoms with van der Waals surface area (Å²) in [6.07, 6.45) is 0.875. The third kappa shape index (κ3) is 4.25. The summed E-state index contributed by atoms with van der Waals surface area (Å²) in [5.41, 5.74) is 4.82. The smallest absolute Gasteiger partial charge is 0.280 e. The van der Waals surface area contributed by atoms with Crippen molar-refractivity contribution in [3.05, 3.63) is 40.7 Å². The van der Waals surface area contributed by atoms with Gasteiger partial charge in [0.1, 0.15) is 0 Å². The third-order valence-corrected chi connectivity index (χ3v) is 6.00. The molecule has 0 spiro atoms. The second-order valence-corrected chi connectivity index (χ2v) is 8.50. The predicted molar refractivity (Wildman–Crippen MR) is 117 cm³/mol. The molecule has 0 aliphatic rings. The minimum Gasteiger partial charge on any atom is -0.309 e. The molecule has 3 aromatic rings. The summed E-state index contributed by atoms with van der Waals surface area (Å²) >= 11 is 1.59. The number of hydrogen-bond acceptors (Lipinski definition) is 5. The van der Waals surface area contributed by atoms with E-state index < -0.39 is 0 Å². The molecule has 1 amide bonds. The minimum atomic E-state index is -0.0810. The number of hydrogen-bond donors (Lipinski definition) is 0. The molecule has 0 aliphatic heterocycles. The Bertz CT molecular complexity index is 988. The fourth-order valence-electron chi connectivity index (χ4n) is 3.38. The number of nitrogens with zero attached hydrogens (tertiary/aromatic N) is 5. The maximum absolute atomic E-state index is 13.3. The summed E-state index contributed by atoms with van der Waals surface area (Å²) in [7, 11) is 4.09. The molecule has 1 aromatic carbocycles. The number of thiazole rings is 1. The molecule has 0 atom stereocenters. The van der Waals surface area contributed by atoms with Gasteiger partial charge in [-0.3, -0.25) is 14.4 Å². The molecule has 0 saturated heterocycles. The number of carbonyl (C=O) groups excluding carboxylic acids is 1. The molecule has 0 N–H and O–H groups in total. The van der Waals surface area contributed by atoms with Crippen molar-refractivity contribution in [2.24, 2.45) is 0 Å². The van der Waals surface area contributed by atoms with Crippen LogP contribution in [-0.4, -0.2) is 52.8 Å². The third-order valence-electron chi connectivity index (χ3n) is 4.77. The van der Waals surface area contributed by atoms with Gasteiger partial charge in [0.15, 0.2) is 10.8 Å². The van der Waals surface area contributed by atoms with Gasteiger partial charge in [-0.15, -0.1) is 0 Å². The Morgan fingerprint density at radius 1 is 1.14 bits per heavy atom. The molecule has 6 nitrogen and oxygen atoms in total. The monoisotopic (exact) mass is 399 g/mol. The normalized spacial score (nSPS) is 11.5. The number of amides is 1. The van der Waals surface area contributed by atoms with Gasteiger partial charge in [0.25, 0.3) is 5.91 Å². The summed E-state index contributed by atoms with van der Waals surface area (Å²) in [6.45, 7) is 10.5. The van der Waals surface area contributed by atoms with Crippen LogP contribution in [0, 0.1) is 20.8 Å². The highest BCUT2D eigenvalue weighted by Gasteiger charge is 2.24. The van der Waals surface area contributed by atoms with Crippen molar-refractivity contribution in [3.8, 4) is 0 Å². The molecule has 0 fully saturated rings. The average molecular weight is 400 g/mol. The molecule has 3 rings (SSSR count). The van der Waals surface area contributed by atoms with Crippen LogP contribution in [0.3, 0.4) is 0 Å². The first kappa shape index (κ1) is 20.5. The topological polar surface area (TPSA) is 54.3 Å². The quantitative estimate of drug-likeness (QED) is 0.602. The lowest BCUT2D eigenvalue weighted by atomic mass is 10.1. The Balaban J connectivity index is 1.98. The molecule has 2 aromatic heterocycles. The molecule has 2 heterocycles. The van der Waals surface area contributed by atoms with Crippen LogP contribution >= 0.6 is 11.3 Å². The van der Waals surface area contributed by atoms with E-state index in [0.717, 1.165) is 40.6 Å². The summed E-state index contributed by atoms with van der Waals surface area (Å²) in [5, 5.41) is 5.24. The van der Waals surface area contributed by atoms with E-state index in [-0.39, 0.29) is 5.91 Å². The van der Waals surface area contributed by atoms with Gasteiger partial charge in [0.05, 0.1) is 10.2 Å². The number of benzene rings is 1. The van der Waals surface area contributed by atoms with Gasteiger partial charge in [-0.25, -0.2) is 4.98 Å². The number of carbonyl (C=O) groups is 1. The van der Waals surface area contributed by atoms with Crippen molar-refractivity contribution >= 4 is 32.6 Å². The Labute approximate surface area is 170 Å². The molecular formula is C21H29N5OS. The van der Waals surface area contributed by atoms with Crippen molar-refractivity contribution in [2.75, 3.05) is 32.1 Å². The van der Waals surface area contributed by atoms with Crippen LogP contribution in [0.15, 0.2) is 18.2 Å². The molecule has 28 heavy (non-hydrogen) atoms. The first-order valence-corrected chi connectivity index (χ1v) is 10.5. The molecule has 7 heteroatoms. The lowest BCUT2D eigenvalue weighted by molar-refractivity contribution is 0.0980.